The summed E-state index contributed by atoms with van der Waals surface area (Å²) in [4.78, 5) is 39.1. The van der Waals surface area contributed by atoms with E-state index in [4.69, 9.17) is 14.2 Å². The van der Waals surface area contributed by atoms with Gasteiger partial charge in [-0.1, -0.05) is 6.07 Å². The average molecular weight is 543 g/mol. The maximum atomic E-state index is 13.7. The quantitative estimate of drug-likeness (QED) is 0.200. The molecule has 0 amide bonds. The Hall–Kier alpha value is -3.70. The predicted molar refractivity (Wildman–Crippen MR) is 140 cm³/mol. The molecule has 1 aromatic heterocycles. The predicted octanol–water partition coefficient (Wildman–Crippen LogP) is 4.70. The number of carbonyl (C=O) groups is 2. The van der Waals surface area contributed by atoms with Gasteiger partial charge in [0.1, 0.15) is 6.61 Å². The number of nitro groups is 1. The first-order valence-electron chi connectivity index (χ1n) is 12.2. The molecule has 0 bridgehead atoms. The smallest absolute Gasteiger partial charge is 0.336 e. The zero-order valence-electron chi connectivity index (χ0n) is 21.6. The minimum Gasteiger partial charge on any atom is -0.500 e. The van der Waals surface area contributed by atoms with Crippen LogP contribution in [0.4, 0.5) is 5.69 Å². The molecule has 1 aromatic carbocycles. The van der Waals surface area contributed by atoms with Gasteiger partial charge in [-0.3, -0.25) is 14.9 Å². The lowest BCUT2D eigenvalue weighted by molar-refractivity contribution is -0.386. The Morgan fingerprint density at radius 1 is 1.29 bits per heavy atom. The fourth-order valence-corrected chi connectivity index (χ4v) is 5.77. The highest BCUT2D eigenvalue weighted by Crippen LogP contribution is 2.49. The summed E-state index contributed by atoms with van der Waals surface area (Å²) in [6, 6.07) is 6.53. The van der Waals surface area contributed by atoms with Gasteiger partial charge in [-0.2, -0.15) is 0 Å². The van der Waals surface area contributed by atoms with Crippen LogP contribution in [0.2, 0.25) is 0 Å². The number of nitrogens with one attached hydrogen (secondary N) is 1. The number of hydrogen-bond donors (Lipinski definition) is 2. The van der Waals surface area contributed by atoms with Crippen LogP contribution in [-0.4, -0.2) is 48.2 Å². The number of rotatable bonds is 9. The van der Waals surface area contributed by atoms with E-state index in [9.17, 15) is 24.8 Å². The third kappa shape index (κ3) is 5.44. The number of dihydropyridines is 1. The monoisotopic (exact) mass is 542 g/mol. The highest BCUT2D eigenvalue weighted by atomic mass is 32.1. The van der Waals surface area contributed by atoms with Crippen LogP contribution in [0, 0.1) is 10.1 Å². The summed E-state index contributed by atoms with van der Waals surface area (Å²) in [5, 5.41) is 27.3. The van der Waals surface area contributed by atoms with E-state index in [1.807, 2.05) is 31.4 Å². The lowest BCUT2D eigenvalue weighted by atomic mass is 9.72. The summed E-state index contributed by atoms with van der Waals surface area (Å²) in [5.74, 6) is -2.57. The number of ether oxygens (including phenoxy) is 3. The van der Waals surface area contributed by atoms with Crippen molar-refractivity contribution in [1.82, 2.24) is 5.32 Å². The normalized spacial score (nSPS) is 19.3. The molecular weight excluding hydrogens is 512 g/mol. The Bertz CT molecular complexity index is 1310. The molecule has 202 valence electrons. The molecule has 10 nitrogen and oxygen atoms in total. The van der Waals surface area contributed by atoms with Gasteiger partial charge in [-0.05, 0) is 50.3 Å². The van der Waals surface area contributed by atoms with Gasteiger partial charge in [-0.25, -0.2) is 4.79 Å². The van der Waals surface area contributed by atoms with Crippen molar-refractivity contribution in [3.63, 3.8) is 0 Å². The van der Waals surface area contributed by atoms with E-state index in [2.05, 4.69) is 5.32 Å². The van der Waals surface area contributed by atoms with E-state index in [-0.39, 0.29) is 54.3 Å². The van der Waals surface area contributed by atoms with Gasteiger partial charge < -0.3 is 24.6 Å². The summed E-state index contributed by atoms with van der Waals surface area (Å²) in [7, 11) is 1.28. The van der Waals surface area contributed by atoms with Crippen LogP contribution in [0.5, 0.6) is 11.5 Å². The van der Waals surface area contributed by atoms with Gasteiger partial charge in [0, 0.05) is 46.2 Å². The van der Waals surface area contributed by atoms with Gasteiger partial charge in [-0.15, -0.1) is 11.3 Å². The van der Waals surface area contributed by atoms with Crippen molar-refractivity contribution in [2.24, 2.45) is 0 Å². The number of methoxy groups -OCH3 is 1. The van der Waals surface area contributed by atoms with Crippen LogP contribution in [0.1, 0.15) is 55.9 Å². The molecule has 1 aliphatic heterocycles. The molecular formula is C27H30N2O8S. The van der Waals surface area contributed by atoms with Crippen LogP contribution in [0.25, 0.3) is 0 Å². The van der Waals surface area contributed by atoms with Crippen LogP contribution in [-0.2, 0) is 19.1 Å². The number of carbonyl (C=O) groups excluding carboxylic acids is 2. The minimum atomic E-state index is -0.949. The molecule has 4 rings (SSSR count). The number of ketones is 1. The second-order valence-corrected chi connectivity index (χ2v) is 10.4. The van der Waals surface area contributed by atoms with Gasteiger partial charge in [0.15, 0.2) is 11.5 Å². The maximum absolute atomic E-state index is 13.7. The molecule has 2 aromatic rings. The molecule has 0 radical (unpaired) electrons. The number of Topliss-reactive ketones (excluding diaryl/α,β-unsaturated/α-hetero) is 1. The largest absolute Gasteiger partial charge is 0.500 e. The van der Waals surface area contributed by atoms with Gasteiger partial charge in [0.05, 0.1) is 30.3 Å². The van der Waals surface area contributed by atoms with Crippen molar-refractivity contribution < 1.29 is 33.8 Å². The first-order chi connectivity index (χ1) is 18.1. The topological polar surface area (TPSA) is 137 Å². The van der Waals surface area contributed by atoms with Gasteiger partial charge in [0.25, 0.3) is 0 Å². The zero-order chi connectivity index (χ0) is 27.6. The Morgan fingerprint density at radius 2 is 2.05 bits per heavy atom. The fourth-order valence-electron chi connectivity index (χ4n) is 4.94. The molecule has 2 heterocycles. The summed E-state index contributed by atoms with van der Waals surface area (Å²) in [5.41, 5.74) is 1.35. The van der Waals surface area contributed by atoms with Crippen molar-refractivity contribution in [1.29, 1.82) is 0 Å². The number of esters is 1. The fraction of sp³-hybridized carbons (Fsp3) is 0.407. The first-order valence-corrected chi connectivity index (χ1v) is 13.1. The van der Waals surface area contributed by atoms with Crippen LogP contribution in [0.15, 0.2) is 52.2 Å². The van der Waals surface area contributed by atoms with Crippen LogP contribution >= 0.6 is 11.3 Å². The number of allylic oxidation sites excluding steroid dienone is 3. The zero-order valence-corrected chi connectivity index (χ0v) is 22.4. The molecule has 11 heteroatoms. The Balaban J connectivity index is 1.80. The number of aromatic hydroxyl groups is 1. The third-order valence-electron chi connectivity index (χ3n) is 6.59. The average Bonchev–Trinajstić information content (AvgIpc) is 3.40. The SMILES string of the molecule is COc1cc([C@H]2C(C(=O)OCCOC(C)C)=C(C)NC3=C2C(=O)C[C@H](c2cccs2)C3)cc([N+](=O)[O-])c1O. The Labute approximate surface area is 224 Å². The van der Waals surface area contributed by atoms with E-state index >= 15 is 0 Å². The summed E-state index contributed by atoms with van der Waals surface area (Å²) >= 11 is 1.58. The van der Waals surface area contributed by atoms with Crippen molar-refractivity contribution >= 4 is 28.8 Å². The van der Waals surface area contributed by atoms with Crippen molar-refractivity contribution in [2.45, 2.75) is 51.6 Å². The van der Waals surface area contributed by atoms with E-state index < -0.39 is 28.2 Å². The van der Waals surface area contributed by atoms with Crippen molar-refractivity contribution in [2.75, 3.05) is 20.3 Å². The molecule has 0 fully saturated rings. The number of hydrogen-bond acceptors (Lipinski definition) is 10. The van der Waals surface area contributed by atoms with Gasteiger partial charge >= 0.3 is 11.7 Å². The van der Waals surface area contributed by atoms with E-state index in [0.717, 1.165) is 4.88 Å². The number of thiophene rings is 1. The van der Waals surface area contributed by atoms with Crippen LogP contribution in [0.3, 0.4) is 0 Å². The minimum absolute atomic E-state index is 0.000136. The number of nitrogens with zero attached hydrogens (tertiary/aromatic N) is 1. The van der Waals surface area contributed by atoms with Crippen molar-refractivity contribution in [3.05, 3.63) is 72.7 Å². The summed E-state index contributed by atoms with van der Waals surface area (Å²) < 4.78 is 16.2. The molecule has 2 aliphatic rings. The number of nitro benzene ring substituents is 1. The lowest BCUT2D eigenvalue weighted by Gasteiger charge is -2.36. The Morgan fingerprint density at radius 3 is 2.68 bits per heavy atom. The summed E-state index contributed by atoms with van der Waals surface area (Å²) in [6.45, 7) is 5.64. The second kappa shape index (κ2) is 11.4. The molecule has 2 atom stereocenters. The highest BCUT2D eigenvalue weighted by molar-refractivity contribution is 7.10. The molecule has 0 unspecified atom stereocenters. The molecule has 1 aliphatic carbocycles. The molecule has 0 spiro atoms. The Kier molecular flexibility index (Phi) is 8.17. The number of phenolic OH excluding ortho intramolecular Hbond substituents is 1. The third-order valence-corrected chi connectivity index (χ3v) is 7.62. The molecule has 2 N–H and O–H groups in total. The molecule has 0 saturated heterocycles. The summed E-state index contributed by atoms with van der Waals surface area (Å²) in [6.07, 6.45) is 0.739. The van der Waals surface area contributed by atoms with Crippen molar-refractivity contribution in [3.8, 4) is 11.5 Å². The second-order valence-electron chi connectivity index (χ2n) is 9.44. The van der Waals surface area contributed by atoms with E-state index in [0.29, 0.717) is 23.4 Å². The number of benzene rings is 1. The van der Waals surface area contributed by atoms with Gasteiger partial charge in [0.2, 0.25) is 5.75 Å². The standard InChI is InChI=1S/C27H30N2O8S/c1-14(2)36-7-8-37-27(32)23-15(3)28-18-10-16(22-6-5-9-38-22)12-20(30)25(18)24(23)17-11-19(29(33)34)26(31)21(13-17)35-4/h5-6,9,11,13-14,16,24,28,31H,7-8,10,12H2,1-4H3/t16-,24+/m1/s1. The first kappa shape index (κ1) is 27.3. The lowest BCUT2D eigenvalue weighted by Crippen LogP contribution is -2.36. The maximum Gasteiger partial charge on any atom is 0.336 e. The number of phenols is 1. The highest BCUT2D eigenvalue weighted by Gasteiger charge is 2.42. The molecule has 0 saturated carbocycles. The van der Waals surface area contributed by atoms with E-state index in [1.54, 1.807) is 18.3 Å². The van der Waals surface area contributed by atoms with Crippen LogP contribution < -0.4 is 10.1 Å². The molecule has 38 heavy (non-hydrogen) atoms. The van der Waals surface area contributed by atoms with E-state index in [1.165, 1.54) is 19.2 Å².